The fraction of sp³-hybridized carbons (Fsp3) is 0.158. The number of benzodiazepines with no additional fused rings is 1. The van der Waals surface area contributed by atoms with E-state index in [1.165, 1.54) is 0 Å². The largest absolute Gasteiger partial charge is 0.481 e. The maximum Gasteiger partial charge on any atom is 0.308 e. The van der Waals surface area contributed by atoms with Crippen molar-refractivity contribution in [2.45, 2.75) is 19.1 Å². The van der Waals surface area contributed by atoms with Gasteiger partial charge in [0.05, 0.1) is 24.2 Å². The number of nitrogens with zero attached hydrogens (tertiary/aromatic N) is 1. The number of carbonyl (C=O) groups excluding carboxylic acids is 2. The van der Waals surface area contributed by atoms with Crippen LogP contribution in [0.15, 0.2) is 51.9 Å². The van der Waals surface area contributed by atoms with Gasteiger partial charge < -0.3 is 15.2 Å². The molecule has 9 heteroatoms. The van der Waals surface area contributed by atoms with Crippen molar-refractivity contribution in [2.75, 3.05) is 5.32 Å². The Balaban J connectivity index is 2.04. The Morgan fingerprint density at radius 1 is 1.18 bits per heavy atom. The Morgan fingerprint density at radius 2 is 1.93 bits per heavy atom. The molecule has 2 aromatic rings. The van der Waals surface area contributed by atoms with Crippen molar-refractivity contribution in [3.05, 3.63) is 63.1 Å². The van der Waals surface area contributed by atoms with E-state index in [1.54, 1.807) is 42.5 Å². The van der Waals surface area contributed by atoms with Gasteiger partial charge in [-0.1, -0.05) is 45.7 Å². The van der Waals surface area contributed by atoms with Gasteiger partial charge in [-0.25, -0.2) is 4.99 Å². The second kappa shape index (κ2) is 8.53. The molecule has 1 aliphatic heterocycles. The monoisotopic (exact) mass is 464 g/mol. The summed E-state index contributed by atoms with van der Waals surface area (Å²) in [4.78, 5) is 39.5. The number of fused-ring (bicyclic) bond motifs is 1. The fourth-order valence-corrected chi connectivity index (χ4v) is 3.19. The molecule has 0 saturated heterocycles. The zero-order chi connectivity index (χ0) is 20.3. The lowest BCUT2D eigenvalue weighted by atomic mass is 10.0. The average molecular weight is 466 g/mol. The number of carboxylic acid groups (broad SMARTS) is 1. The van der Waals surface area contributed by atoms with Crippen molar-refractivity contribution in [3.63, 3.8) is 0 Å². The minimum absolute atomic E-state index is 0.367. The molecule has 0 spiro atoms. The van der Waals surface area contributed by atoms with Gasteiger partial charge in [-0.15, -0.1) is 0 Å². The number of hydrogen-bond acceptors (Lipinski definition) is 5. The van der Waals surface area contributed by atoms with Crippen molar-refractivity contribution in [3.8, 4) is 0 Å². The molecule has 28 heavy (non-hydrogen) atoms. The maximum atomic E-state index is 12.5. The first-order valence-corrected chi connectivity index (χ1v) is 9.37. The maximum absolute atomic E-state index is 12.5. The summed E-state index contributed by atoms with van der Waals surface area (Å²) in [5.74, 6) is -2.62. The van der Waals surface area contributed by atoms with E-state index in [4.69, 9.17) is 21.4 Å². The van der Waals surface area contributed by atoms with Gasteiger partial charge in [-0.3, -0.25) is 14.4 Å². The second-order valence-corrected chi connectivity index (χ2v) is 7.20. The number of halogens is 2. The number of carboxylic acids is 1. The van der Waals surface area contributed by atoms with Gasteiger partial charge in [0.15, 0.2) is 0 Å². The minimum atomic E-state index is -1.47. The first-order chi connectivity index (χ1) is 13.3. The number of amides is 1. The van der Waals surface area contributed by atoms with Gasteiger partial charge in [-0.2, -0.15) is 0 Å². The Kier molecular flexibility index (Phi) is 6.11. The van der Waals surface area contributed by atoms with E-state index in [9.17, 15) is 14.4 Å². The van der Waals surface area contributed by atoms with Crippen LogP contribution in [-0.2, 0) is 19.1 Å². The van der Waals surface area contributed by atoms with E-state index in [0.717, 1.165) is 4.47 Å². The van der Waals surface area contributed by atoms with Crippen molar-refractivity contribution in [1.82, 2.24) is 0 Å². The van der Waals surface area contributed by atoms with Crippen LogP contribution in [0.4, 0.5) is 5.69 Å². The van der Waals surface area contributed by atoms with Crippen LogP contribution in [0.3, 0.4) is 0 Å². The number of nitrogens with one attached hydrogen (secondary N) is 1. The normalized spacial score (nSPS) is 15.7. The minimum Gasteiger partial charge on any atom is -0.481 e. The van der Waals surface area contributed by atoms with Crippen LogP contribution in [0.1, 0.15) is 24.0 Å². The van der Waals surface area contributed by atoms with Crippen LogP contribution in [0.2, 0.25) is 5.02 Å². The molecule has 0 saturated carbocycles. The Hall–Kier alpha value is -2.71. The molecule has 1 amide bonds. The second-order valence-electron chi connectivity index (χ2n) is 5.87. The van der Waals surface area contributed by atoms with Crippen molar-refractivity contribution >= 4 is 56.8 Å². The summed E-state index contributed by atoms with van der Waals surface area (Å²) < 4.78 is 5.89. The van der Waals surface area contributed by atoms with Gasteiger partial charge in [-0.05, 0) is 24.3 Å². The zero-order valence-corrected chi connectivity index (χ0v) is 16.7. The van der Waals surface area contributed by atoms with Gasteiger partial charge in [0, 0.05) is 20.6 Å². The van der Waals surface area contributed by atoms with E-state index in [2.05, 4.69) is 26.2 Å². The van der Waals surface area contributed by atoms with Crippen LogP contribution in [0, 0.1) is 0 Å². The van der Waals surface area contributed by atoms with E-state index in [1.807, 2.05) is 0 Å². The molecule has 0 radical (unpaired) electrons. The van der Waals surface area contributed by atoms with Gasteiger partial charge in [0.2, 0.25) is 0 Å². The first-order valence-electron chi connectivity index (χ1n) is 8.20. The molecule has 3 rings (SSSR count). The van der Waals surface area contributed by atoms with E-state index >= 15 is 0 Å². The summed E-state index contributed by atoms with van der Waals surface area (Å²) >= 11 is 9.72. The van der Waals surface area contributed by atoms with Crippen molar-refractivity contribution in [2.24, 2.45) is 4.99 Å². The third kappa shape index (κ3) is 4.58. The fourth-order valence-electron chi connectivity index (χ4n) is 2.60. The third-order valence-electron chi connectivity index (χ3n) is 3.88. The van der Waals surface area contributed by atoms with Crippen LogP contribution >= 0.6 is 27.5 Å². The highest BCUT2D eigenvalue weighted by molar-refractivity contribution is 9.10. The Labute approximate surface area is 173 Å². The number of benzene rings is 2. The quantitative estimate of drug-likeness (QED) is 0.656. The predicted molar refractivity (Wildman–Crippen MR) is 107 cm³/mol. The van der Waals surface area contributed by atoms with Crippen LogP contribution < -0.4 is 5.32 Å². The summed E-state index contributed by atoms with van der Waals surface area (Å²) in [5, 5.41) is 11.8. The topological polar surface area (TPSA) is 105 Å². The molecule has 2 aromatic carbocycles. The highest BCUT2D eigenvalue weighted by Crippen LogP contribution is 2.30. The molecule has 0 aliphatic carbocycles. The Bertz CT molecular complexity index is 992. The van der Waals surface area contributed by atoms with E-state index in [-0.39, 0.29) is 6.42 Å². The van der Waals surface area contributed by atoms with Crippen LogP contribution in [0.25, 0.3) is 0 Å². The number of aliphatic imine (C=N–C) groups is 1. The van der Waals surface area contributed by atoms with Crippen LogP contribution in [0.5, 0.6) is 0 Å². The van der Waals surface area contributed by atoms with E-state index < -0.39 is 30.5 Å². The Morgan fingerprint density at radius 3 is 2.64 bits per heavy atom. The van der Waals surface area contributed by atoms with Gasteiger partial charge >= 0.3 is 11.9 Å². The lowest BCUT2D eigenvalue weighted by Gasteiger charge is -2.12. The highest BCUT2D eigenvalue weighted by atomic mass is 79.9. The molecule has 1 atom stereocenters. The zero-order valence-electron chi connectivity index (χ0n) is 14.3. The smallest absolute Gasteiger partial charge is 0.308 e. The number of rotatable bonds is 5. The van der Waals surface area contributed by atoms with Crippen molar-refractivity contribution < 1.29 is 24.2 Å². The number of anilines is 1. The summed E-state index contributed by atoms with van der Waals surface area (Å²) in [6.07, 6.45) is -2.24. The van der Waals surface area contributed by atoms with Crippen molar-refractivity contribution in [1.29, 1.82) is 0 Å². The molecular formula is C19H14BrClN2O5. The predicted octanol–water partition coefficient (Wildman–Crippen LogP) is 3.63. The molecule has 1 heterocycles. The number of hydrogen-bond donors (Lipinski definition) is 2. The molecule has 7 nitrogen and oxygen atoms in total. The van der Waals surface area contributed by atoms with E-state index in [0.29, 0.717) is 27.5 Å². The SMILES string of the molecule is O=C(O)CCC(=O)O[C@H]1N=C(c2ccccc2Cl)c2cc(Br)ccc2NC1=O. The molecule has 2 N–H and O–H groups in total. The molecule has 0 bridgehead atoms. The molecule has 0 unspecified atom stereocenters. The number of carbonyl (C=O) groups is 3. The molecular weight excluding hydrogens is 452 g/mol. The van der Waals surface area contributed by atoms with Crippen LogP contribution in [-0.4, -0.2) is 34.9 Å². The molecule has 0 fully saturated rings. The van der Waals surface area contributed by atoms with Gasteiger partial charge in [0.1, 0.15) is 0 Å². The average Bonchev–Trinajstić information content (AvgIpc) is 2.77. The van der Waals surface area contributed by atoms with Gasteiger partial charge in [0.25, 0.3) is 12.1 Å². The lowest BCUT2D eigenvalue weighted by molar-refractivity contribution is -0.155. The standard InChI is InChI=1S/C19H14BrClN2O5/c20-10-5-6-14-12(9-10)17(11-3-1-2-4-13(11)21)23-19(18(27)22-14)28-16(26)8-7-15(24)25/h1-6,9,19H,7-8H2,(H,22,27)(H,24,25)/t19-/m1/s1. The lowest BCUT2D eigenvalue weighted by Crippen LogP contribution is -2.30. The first kappa shape index (κ1) is 20.0. The summed E-state index contributed by atoms with van der Waals surface area (Å²) in [5.41, 5.74) is 2.01. The summed E-state index contributed by atoms with van der Waals surface area (Å²) in [6.45, 7) is 0. The summed E-state index contributed by atoms with van der Waals surface area (Å²) in [7, 11) is 0. The third-order valence-corrected chi connectivity index (χ3v) is 4.70. The number of esters is 1. The molecule has 1 aliphatic rings. The summed E-state index contributed by atoms with van der Waals surface area (Å²) in [6, 6.07) is 12.2. The highest BCUT2D eigenvalue weighted by Gasteiger charge is 2.29. The molecule has 0 aromatic heterocycles. The number of aliphatic carboxylic acids is 1. The number of ether oxygens (including phenoxy) is 1. The molecule has 144 valence electrons.